The molecular formula is C19H17N3O5. The highest BCUT2D eigenvalue weighted by atomic mass is 16.6. The van der Waals surface area contributed by atoms with Crippen molar-refractivity contribution in [3.05, 3.63) is 75.5 Å². The Hall–Kier alpha value is -3.68. The number of ketones is 1. The number of Topliss-reactive ketones (excluding diaryl/α,β-unsaturated/α-hetero) is 1. The molecule has 0 spiro atoms. The van der Waals surface area contributed by atoms with Crippen LogP contribution in [0.15, 0.2) is 59.8 Å². The van der Waals surface area contributed by atoms with E-state index in [1.54, 1.807) is 30.3 Å². The van der Waals surface area contributed by atoms with E-state index in [2.05, 4.69) is 0 Å². The summed E-state index contributed by atoms with van der Waals surface area (Å²) in [4.78, 5) is 37.2. The topological polar surface area (TPSA) is 116 Å². The number of hydrogen-bond donors (Lipinski definition) is 1. The molecule has 8 heteroatoms. The lowest BCUT2D eigenvalue weighted by Crippen LogP contribution is -2.29. The number of nitro groups is 1. The second-order valence-corrected chi connectivity index (χ2v) is 6.05. The summed E-state index contributed by atoms with van der Waals surface area (Å²) in [6.45, 7) is 1.53. The summed E-state index contributed by atoms with van der Waals surface area (Å²) in [6, 6.07) is 11.6. The Morgan fingerprint density at radius 1 is 1.19 bits per heavy atom. The van der Waals surface area contributed by atoms with Gasteiger partial charge in [0.1, 0.15) is 5.75 Å². The standard InChI is InChI=1S/C19H17N3O5/c1-11(20)16-17(12-4-3-5-14(10-12)22(25)26)21(19(24)18(16)23)13-6-8-15(27-2)9-7-13/h3-10,17H,20H2,1-2H3/b16-11+. The summed E-state index contributed by atoms with van der Waals surface area (Å²) in [5.41, 5.74) is 6.96. The minimum Gasteiger partial charge on any atom is -0.497 e. The first-order valence-corrected chi connectivity index (χ1v) is 8.07. The van der Waals surface area contributed by atoms with Crippen LogP contribution in [-0.2, 0) is 9.59 Å². The molecule has 0 bridgehead atoms. The number of non-ortho nitro benzene ring substituents is 1. The van der Waals surface area contributed by atoms with Crippen LogP contribution in [0.3, 0.4) is 0 Å². The predicted molar refractivity (Wildman–Crippen MR) is 98.2 cm³/mol. The molecule has 27 heavy (non-hydrogen) atoms. The molecule has 1 aliphatic heterocycles. The van der Waals surface area contributed by atoms with Gasteiger partial charge in [0.2, 0.25) is 0 Å². The fourth-order valence-corrected chi connectivity index (χ4v) is 3.12. The largest absolute Gasteiger partial charge is 0.497 e. The molecule has 1 unspecified atom stereocenters. The van der Waals surface area contributed by atoms with E-state index in [-0.39, 0.29) is 17.0 Å². The molecule has 1 saturated heterocycles. The van der Waals surface area contributed by atoms with Crippen LogP contribution in [0.1, 0.15) is 18.5 Å². The summed E-state index contributed by atoms with van der Waals surface area (Å²) in [6.07, 6.45) is 0. The highest BCUT2D eigenvalue weighted by Crippen LogP contribution is 2.41. The number of nitrogens with zero attached hydrogens (tertiary/aromatic N) is 2. The van der Waals surface area contributed by atoms with Gasteiger partial charge in [0, 0.05) is 23.5 Å². The van der Waals surface area contributed by atoms with Crippen LogP contribution in [0.5, 0.6) is 5.75 Å². The molecule has 0 aromatic heterocycles. The fraction of sp³-hybridized carbons (Fsp3) is 0.158. The maximum Gasteiger partial charge on any atom is 0.300 e. The Labute approximate surface area is 155 Å². The molecule has 1 heterocycles. The lowest BCUT2D eigenvalue weighted by molar-refractivity contribution is -0.384. The van der Waals surface area contributed by atoms with Crippen molar-refractivity contribution in [2.24, 2.45) is 5.73 Å². The van der Waals surface area contributed by atoms with Gasteiger partial charge in [0.25, 0.3) is 17.4 Å². The minimum absolute atomic E-state index is 0.122. The van der Waals surface area contributed by atoms with Crippen molar-refractivity contribution in [1.82, 2.24) is 0 Å². The van der Waals surface area contributed by atoms with Gasteiger partial charge < -0.3 is 10.5 Å². The van der Waals surface area contributed by atoms with Gasteiger partial charge in [-0.2, -0.15) is 0 Å². The van der Waals surface area contributed by atoms with E-state index in [0.29, 0.717) is 17.0 Å². The number of anilines is 1. The predicted octanol–water partition coefficient (Wildman–Crippen LogP) is 2.49. The van der Waals surface area contributed by atoms with E-state index >= 15 is 0 Å². The van der Waals surface area contributed by atoms with Crippen molar-refractivity contribution in [2.45, 2.75) is 13.0 Å². The zero-order valence-electron chi connectivity index (χ0n) is 14.7. The molecule has 3 rings (SSSR count). The van der Waals surface area contributed by atoms with Crippen molar-refractivity contribution in [1.29, 1.82) is 0 Å². The first kappa shape index (κ1) is 18.1. The van der Waals surface area contributed by atoms with Crippen molar-refractivity contribution in [2.75, 3.05) is 12.0 Å². The number of carbonyl (C=O) groups is 2. The molecule has 1 amide bonds. The van der Waals surface area contributed by atoms with Crippen LogP contribution in [0.25, 0.3) is 0 Å². The lowest BCUT2D eigenvalue weighted by Gasteiger charge is -2.25. The normalized spacial score (nSPS) is 18.6. The van der Waals surface area contributed by atoms with Crippen LogP contribution < -0.4 is 15.4 Å². The fourth-order valence-electron chi connectivity index (χ4n) is 3.12. The van der Waals surface area contributed by atoms with Gasteiger partial charge in [-0.3, -0.25) is 24.6 Å². The zero-order chi connectivity index (χ0) is 19.7. The monoisotopic (exact) mass is 367 g/mol. The Morgan fingerprint density at radius 3 is 2.41 bits per heavy atom. The summed E-state index contributed by atoms with van der Waals surface area (Å²) < 4.78 is 5.12. The van der Waals surface area contributed by atoms with Crippen molar-refractivity contribution >= 4 is 23.1 Å². The third kappa shape index (κ3) is 3.12. The number of amides is 1. The summed E-state index contributed by atoms with van der Waals surface area (Å²) in [5.74, 6) is -0.867. The van der Waals surface area contributed by atoms with E-state index < -0.39 is 22.7 Å². The highest BCUT2D eigenvalue weighted by molar-refractivity contribution is 6.50. The first-order chi connectivity index (χ1) is 12.8. The molecule has 1 aliphatic rings. The van der Waals surface area contributed by atoms with Crippen LogP contribution >= 0.6 is 0 Å². The number of rotatable bonds is 4. The molecule has 138 valence electrons. The average molecular weight is 367 g/mol. The van der Waals surface area contributed by atoms with Crippen LogP contribution in [-0.4, -0.2) is 23.7 Å². The Balaban J connectivity index is 2.19. The van der Waals surface area contributed by atoms with Crippen molar-refractivity contribution < 1.29 is 19.2 Å². The Morgan fingerprint density at radius 2 is 1.85 bits per heavy atom. The van der Waals surface area contributed by atoms with Crippen molar-refractivity contribution in [3.8, 4) is 5.75 Å². The summed E-state index contributed by atoms with van der Waals surface area (Å²) in [7, 11) is 1.52. The number of benzene rings is 2. The van der Waals surface area contributed by atoms with Gasteiger partial charge in [-0.05, 0) is 36.8 Å². The smallest absolute Gasteiger partial charge is 0.300 e. The van der Waals surface area contributed by atoms with Gasteiger partial charge in [0.15, 0.2) is 0 Å². The van der Waals surface area contributed by atoms with E-state index in [1.807, 2.05) is 0 Å². The van der Waals surface area contributed by atoms with E-state index in [4.69, 9.17) is 10.5 Å². The molecule has 0 aliphatic carbocycles. The molecule has 2 aromatic carbocycles. The first-order valence-electron chi connectivity index (χ1n) is 8.07. The molecule has 0 saturated carbocycles. The number of nitrogens with two attached hydrogens (primary N) is 1. The van der Waals surface area contributed by atoms with E-state index in [1.165, 1.54) is 37.1 Å². The van der Waals surface area contributed by atoms with Crippen LogP contribution in [0.4, 0.5) is 11.4 Å². The molecule has 1 atom stereocenters. The zero-order valence-corrected chi connectivity index (χ0v) is 14.7. The highest BCUT2D eigenvalue weighted by Gasteiger charge is 2.45. The third-order valence-corrected chi connectivity index (χ3v) is 4.36. The van der Waals surface area contributed by atoms with E-state index in [9.17, 15) is 19.7 Å². The molecule has 1 fully saturated rings. The van der Waals surface area contributed by atoms with Gasteiger partial charge in [-0.15, -0.1) is 0 Å². The number of methoxy groups -OCH3 is 1. The Kier molecular flexibility index (Phi) is 4.64. The second-order valence-electron chi connectivity index (χ2n) is 6.05. The second kappa shape index (κ2) is 6.91. The molecule has 0 radical (unpaired) electrons. The number of ether oxygens (including phenoxy) is 1. The van der Waals surface area contributed by atoms with Gasteiger partial charge >= 0.3 is 0 Å². The number of allylic oxidation sites excluding steroid dienone is 1. The third-order valence-electron chi connectivity index (χ3n) is 4.36. The molecule has 2 aromatic rings. The molecule has 8 nitrogen and oxygen atoms in total. The van der Waals surface area contributed by atoms with Gasteiger partial charge in [0.05, 0.1) is 23.6 Å². The van der Waals surface area contributed by atoms with Crippen molar-refractivity contribution in [3.63, 3.8) is 0 Å². The average Bonchev–Trinajstić information content (AvgIpc) is 2.93. The number of hydrogen-bond acceptors (Lipinski definition) is 6. The minimum atomic E-state index is -0.844. The maximum absolute atomic E-state index is 12.7. The van der Waals surface area contributed by atoms with Crippen LogP contribution in [0, 0.1) is 10.1 Å². The van der Waals surface area contributed by atoms with E-state index in [0.717, 1.165) is 0 Å². The number of carbonyl (C=O) groups excluding carboxylic acids is 2. The quantitative estimate of drug-likeness (QED) is 0.384. The molecule has 2 N–H and O–H groups in total. The summed E-state index contributed by atoms with van der Waals surface area (Å²) in [5, 5.41) is 11.1. The van der Waals surface area contributed by atoms with Gasteiger partial charge in [-0.1, -0.05) is 12.1 Å². The van der Waals surface area contributed by atoms with Gasteiger partial charge in [-0.25, -0.2) is 0 Å². The SMILES string of the molecule is COc1ccc(N2C(=O)C(=O)/C(=C(\C)N)C2c2cccc([N+](=O)[O-])c2)cc1. The van der Waals surface area contributed by atoms with Crippen LogP contribution in [0.2, 0.25) is 0 Å². The Bertz CT molecular complexity index is 962. The summed E-state index contributed by atoms with van der Waals surface area (Å²) >= 11 is 0. The maximum atomic E-state index is 12.7. The lowest BCUT2D eigenvalue weighted by atomic mass is 9.96. The molecular weight excluding hydrogens is 350 g/mol. The number of nitro benzene ring substituents is 1.